The number of rotatable bonds is 4. The molecular weight excluding hydrogens is 282 g/mol. The summed E-state index contributed by atoms with van der Waals surface area (Å²) in [4.78, 5) is 11.0. The second-order valence-electron chi connectivity index (χ2n) is 3.93. The zero-order valence-corrected chi connectivity index (χ0v) is 12.0. The number of methoxy groups -OCH3 is 1. The molecule has 0 radical (unpaired) electrons. The van der Waals surface area contributed by atoms with Gasteiger partial charge in [0, 0.05) is 5.56 Å². The molecule has 0 fully saturated rings. The molecule has 7 heteroatoms. The summed E-state index contributed by atoms with van der Waals surface area (Å²) in [5.74, 6) is 3.55. The number of esters is 1. The Bertz CT molecular complexity index is 655. The third-order valence-corrected chi connectivity index (χ3v) is 3.50. The van der Waals surface area contributed by atoms with Crippen LogP contribution in [0.3, 0.4) is 0 Å². The highest BCUT2D eigenvalue weighted by Crippen LogP contribution is 2.18. The molecule has 2 N–H and O–H groups in total. The number of aryl methyl sites for hydroxylation is 1. The zero-order chi connectivity index (χ0) is 15.2. The maximum Gasteiger partial charge on any atom is 0.322 e. The number of anilines is 1. The van der Waals surface area contributed by atoms with Crippen LogP contribution in [0.2, 0.25) is 0 Å². The van der Waals surface area contributed by atoms with E-state index < -0.39 is 21.7 Å². The van der Waals surface area contributed by atoms with Crippen molar-refractivity contribution >= 4 is 21.7 Å². The van der Waals surface area contributed by atoms with Gasteiger partial charge in [-0.2, -0.15) is 0 Å². The Balaban J connectivity index is 2.99. The average molecular weight is 297 g/mol. The van der Waals surface area contributed by atoms with E-state index in [2.05, 4.69) is 21.3 Å². The number of aliphatic hydroxyl groups is 1. The molecule has 20 heavy (non-hydrogen) atoms. The number of nitrogens with one attached hydrogen (secondary N) is 1. The van der Waals surface area contributed by atoms with Crippen LogP contribution in [0.4, 0.5) is 5.69 Å². The Labute approximate surface area is 117 Å². The van der Waals surface area contributed by atoms with Crippen molar-refractivity contribution in [2.75, 3.05) is 24.2 Å². The average Bonchev–Trinajstić information content (AvgIpc) is 2.38. The lowest BCUT2D eigenvalue weighted by Gasteiger charge is -2.10. The first-order chi connectivity index (χ1) is 9.38. The van der Waals surface area contributed by atoms with Gasteiger partial charge >= 0.3 is 5.97 Å². The van der Waals surface area contributed by atoms with Gasteiger partial charge in [-0.3, -0.25) is 9.52 Å². The molecule has 0 aliphatic carbocycles. The van der Waals surface area contributed by atoms with Crippen molar-refractivity contribution in [1.29, 1.82) is 0 Å². The molecule has 0 unspecified atom stereocenters. The predicted molar refractivity (Wildman–Crippen MR) is 74.6 cm³/mol. The normalized spacial score (nSPS) is 10.3. The van der Waals surface area contributed by atoms with Crippen molar-refractivity contribution in [3.05, 3.63) is 29.3 Å². The fourth-order valence-corrected chi connectivity index (χ4v) is 2.42. The van der Waals surface area contributed by atoms with E-state index in [0.29, 0.717) is 16.8 Å². The Morgan fingerprint density at radius 1 is 1.45 bits per heavy atom. The van der Waals surface area contributed by atoms with Gasteiger partial charge in [-0.05, 0) is 24.6 Å². The van der Waals surface area contributed by atoms with Crippen LogP contribution in [0.1, 0.15) is 11.1 Å². The number of benzene rings is 1. The highest BCUT2D eigenvalue weighted by atomic mass is 32.2. The Kier molecular flexibility index (Phi) is 5.55. The molecule has 0 amide bonds. The number of ether oxygens (including phenoxy) is 1. The standard InChI is InChI=1S/C13H15NO5S/c1-10-5-6-11(4-3-7-15)8-12(10)14-20(17,18)9-13(16)19-2/h5-6,8,14-15H,7,9H2,1-2H3. The van der Waals surface area contributed by atoms with E-state index in [1.165, 1.54) is 6.07 Å². The first-order valence-corrected chi connectivity index (χ1v) is 7.31. The van der Waals surface area contributed by atoms with Crippen molar-refractivity contribution in [1.82, 2.24) is 0 Å². The van der Waals surface area contributed by atoms with Gasteiger partial charge in [-0.25, -0.2) is 8.42 Å². The summed E-state index contributed by atoms with van der Waals surface area (Å²) in [6.07, 6.45) is 0. The lowest BCUT2D eigenvalue weighted by molar-refractivity contribution is -0.137. The third kappa shape index (κ3) is 4.91. The van der Waals surface area contributed by atoms with Crippen LogP contribution in [0.25, 0.3) is 0 Å². The van der Waals surface area contributed by atoms with Gasteiger partial charge in [-0.1, -0.05) is 17.9 Å². The van der Waals surface area contributed by atoms with Crippen molar-refractivity contribution in [3.8, 4) is 11.8 Å². The Morgan fingerprint density at radius 3 is 2.75 bits per heavy atom. The molecule has 1 aromatic rings. The first-order valence-electron chi connectivity index (χ1n) is 5.65. The van der Waals surface area contributed by atoms with Crippen molar-refractivity contribution in [3.63, 3.8) is 0 Å². The quantitative estimate of drug-likeness (QED) is 0.614. The molecule has 1 rings (SSSR count). The molecular formula is C13H15NO5S. The molecule has 1 aromatic carbocycles. The van der Waals surface area contributed by atoms with Crippen LogP contribution >= 0.6 is 0 Å². The largest absolute Gasteiger partial charge is 0.468 e. The number of aliphatic hydroxyl groups excluding tert-OH is 1. The number of hydrogen-bond donors (Lipinski definition) is 2. The third-order valence-electron chi connectivity index (χ3n) is 2.35. The maximum atomic E-state index is 11.8. The molecule has 0 aliphatic rings. The van der Waals surface area contributed by atoms with Crippen LogP contribution < -0.4 is 4.72 Å². The molecule has 0 saturated heterocycles. The van der Waals surface area contributed by atoms with Crippen LogP contribution in [-0.2, 0) is 19.6 Å². The monoisotopic (exact) mass is 297 g/mol. The smallest absolute Gasteiger partial charge is 0.322 e. The fraction of sp³-hybridized carbons (Fsp3) is 0.308. The minimum atomic E-state index is -3.83. The summed E-state index contributed by atoms with van der Waals surface area (Å²) >= 11 is 0. The topological polar surface area (TPSA) is 92.7 Å². The van der Waals surface area contributed by atoms with Gasteiger partial charge in [0.1, 0.15) is 6.61 Å². The summed E-state index contributed by atoms with van der Waals surface area (Å²) in [5.41, 5.74) is 1.58. The van der Waals surface area contributed by atoms with E-state index >= 15 is 0 Å². The summed E-state index contributed by atoms with van der Waals surface area (Å²) in [6.45, 7) is 1.44. The minimum absolute atomic E-state index is 0.280. The fourth-order valence-electron chi connectivity index (χ4n) is 1.37. The molecule has 0 aliphatic heterocycles. The van der Waals surface area contributed by atoms with Crippen LogP contribution in [-0.4, -0.2) is 39.0 Å². The molecule has 6 nitrogen and oxygen atoms in total. The van der Waals surface area contributed by atoms with Gasteiger partial charge in [0.2, 0.25) is 10.0 Å². The van der Waals surface area contributed by atoms with E-state index in [4.69, 9.17) is 5.11 Å². The van der Waals surface area contributed by atoms with Crippen LogP contribution in [0, 0.1) is 18.8 Å². The van der Waals surface area contributed by atoms with E-state index in [1.54, 1.807) is 19.1 Å². The highest BCUT2D eigenvalue weighted by Gasteiger charge is 2.17. The van der Waals surface area contributed by atoms with E-state index in [0.717, 1.165) is 7.11 Å². The molecule has 0 atom stereocenters. The summed E-state index contributed by atoms with van der Waals surface area (Å²) in [5, 5.41) is 8.63. The van der Waals surface area contributed by atoms with Crippen molar-refractivity contribution in [2.45, 2.75) is 6.92 Å². The van der Waals surface area contributed by atoms with Gasteiger partial charge in [0.15, 0.2) is 5.75 Å². The highest BCUT2D eigenvalue weighted by molar-refractivity contribution is 7.93. The summed E-state index contributed by atoms with van der Waals surface area (Å²) < 4.78 is 30.2. The van der Waals surface area contributed by atoms with Crippen LogP contribution in [0.15, 0.2) is 18.2 Å². The molecule has 0 spiro atoms. The SMILES string of the molecule is COC(=O)CS(=O)(=O)Nc1cc(C#CCO)ccc1C. The lowest BCUT2D eigenvalue weighted by Crippen LogP contribution is -2.24. The molecule has 108 valence electrons. The Morgan fingerprint density at radius 2 is 2.15 bits per heavy atom. The number of hydrogen-bond acceptors (Lipinski definition) is 5. The number of sulfonamides is 1. The number of carbonyl (C=O) groups excluding carboxylic acids is 1. The molecule has 0 heterocycles. The van der Waals surface area contributed by atoms with E-state index in [9.17, 15) is 13.2 Å². The first kappa shape index (κ1) is 16.0. The van der Waals surface area contributed by atoms with Crippen molar-refractivity contribution < 1.29 is 23.1 Å². The molecule has 0 bridgehead atoms. The summed E-state index contributed by atoms with van der Waals surface area (Å²) in [6, 6.07) is 4.93. The van der Waals surface area contributed by atoms with E-state index in [1.807, 2.05) is 0 Å². The second kappa shape index (κ2) is 6.93. The van der Waals surface area contributed by atoms with Gasteiger partial charge in [0.25, 0.3) is 0 Å². The Hall–Kier alpha value is -2.04. The molecule has 0 saturated carbocycles. The van der Waals surface area contributed by atoms with E-state index in [-0.39, 0.29) is 6.61 Å². The number of carbonyl (C=O) groups is 1. The zero-order valence-electron chi connectivity index (χ0n) is 11.1. The maximum absolute atomic E-state index is 11.8. The molecule has 0 aromatic heterocycles. The van der Waals surface area contributed by atoms with Gasteiger partial charge < -0.3 is 9.84 Å². The summed E-state index contributed by atoms with van der Waals surface area (Å²) in [7, 11) is -2.71. The van der Waals surface area contributed by atoms with Crippen molar-refractivity contribution in [2.24, 2.45) is 0 Å². The lowest BCUT2D eigenvalue weighted by atomic mass is 10.1. The second-order valence-corrected chi connectivity index (χ2v) is 5.65. The van der Waals surface area contributed by atoms with Gasteiger partial charge in [0.05, 0.1) is 12.8 Å². The predicted octanol–water partition coefficient (Wildman–Crippen LogP) is 0.254. The minimum Gasteiger partial charge on any atom is -0.468 e. The van der Waals surface area contributed by atoms with Gasteiger partial charge in [-0.15, -0.1) is 0 Å². The van der Waals surface area contributed by atoms with Crippen LogP contribution in [0.5, 0.6) is 0 Å².